The molecule has 0 atom stereocenters. The van der Waals surface area contributed by atoms with E-state index in [1.54, 1.807) is 6.07 Å². The van der Waals surface area contributed by atoms with Crippen LogP contribution in [0.4, 0.5) is 5.69 Å². The van der Waals surface area contributed by atoms with Gasteiger partial charge in [-0.15, -0.1) is 0 Å². The van der Waals surface area contributed by atoms with Crippen LogP contribution in [0.25, 0.3) is 0 Å². The van der Waals surface area contributed by atoms with Crippen LogP contribution in [0.2, 0.25) is 0 Å². The van der Waals surface area contributed by atoms with Gasteiger partial charge in [-0.1, -0.05) is 51.5 Å². The van der Waals surface area contributed by atoms with E-state index in [9.17, 15) is 4.79 Å². The molecule has 0 saturated heterocycles. The Morgan fingerprint density at radius 2 is 1.62 bits per heavy atom. The molecule has 3 heteroatoms. The van der Waals surface area contributed by atoms with Gasteiger partial charge in [0.05, 0.1) is 12.2 Å². The van der Waals surface area contributed by atoms with Crippen molar-refractivity contribution in [3.05, 3.63) is 28.8 Å². The number of rotatable bonds is 9. The molecule has 0 fully saturated rings. The first-order valence-corrected chi connectivity index (χ1v) is 8.10. The van der Waals surface area contributed by atoms with E-state index >= 15 is 0 Å². The number of hydrogen-bond acceptors (Lipinski definition) is 3. The summed E-state index contributed by atoms with van der Waals surface area (Å²) >= 11 is 0. The van der Waals surface area contributed by atoms with Crippen molar-refractivity contribution in [1.82, 2.24) is 0 Å². The molecule has 0 spiro atoms. The van der Waals surface area contributed by atoms with Gasteiger partial charge in [-0.05, 0) is 37.5 Å². The number of anilines is 1. The zero-order chi connectivity index (χ0) is 15.7. The average Bonchev–Trinajstić information content (AvgIpc) is 2.45. The van der Waals surface area contributed by atoms with Crippen molar-refractivity contribution in [3.8, 4) is 0 Å². The highest BCUT2D eigenvalue weighted by Gasteiger charge is 2.12. The van der Waals surface area contributed by atoms with Gasteiger partial charge in [-0.2, -0.15) is 0 Å². The molecule has 0 heterocycles. The van der Waals surface area contributed by atoms with Crippen LogP contribution in [0.3, 0.4) is 0 Å². The monoisotopic (exact) mass is 291 g/mol. The molecular formula is C18H29NO2. The Bertz CT molecular complexity index is 455. The number of aryl methyl sites for hydroxylation is 2. The van der Waals surface area contributed by atoms with Crippen molar-refractivity contribution in [1.29, 1.82) is 0 Å². The van der Waals surface area contributed by atoms with Crippen LogP contribution in [0.15, 0.2) is 12.1 Å². The standard InChI is InChI=1S/C18H29NO2/c1-4-5-6-7-8-9-10-11-21-18(20)16-13-17(19)15(3)12-14(16)2/h12-13H,4-11,19H2,1-3H3. The van der Waals surface area contributed by atoms with Crippen LogP contribution in [0.1, 0.15) is 73.4 Å². The number of ether oxygens (including phenoxy) is 1. The van der Waals surface area contributed by atoms with Crippen molar-refractivity contribution in [2.75, 3.05) is 12.3 Å². The second-order valence-corrected chi connectivity index (χ2v) is 5.78. The lowest BCUT2D eigenvalue weighted by atomic mass is 10.0. The summed E-state index contributed by atoms with van der Waals surface area (Å²) in [4.78, 5) is 12.0. The molecule has 0 bridgehead atoms. The summed E-state index contributed by atoms with van der Waals surface area (Å²) < 4.78 is 5.34. The number of nitrogen functional groups attached to an aromatic ring is 1. The van der Waals surface area contributed by atoms with E-state index in [1.165, 1.54) is 32.1 Å². The summed E-state index contributed by atoms with van der Waals surface area (Å²) in [5, 5.41) is 0. The minimum atomic E-state index is -0.259. The molecule has 0 radical (unpaired) electrons. The number of nitrogens with two attached hydrogens (primary N) is 1. The van der Waals surface area contributed by atoms with Crippen molar-refractivity contribution in [3.63, 3.8) is 0 Å². The molecule has 0 unspecified atom stereocenters. The third-order valence-electron chi connectivity index (χ3n) is 3.81. The fraction of sp³-hybridized carbons (Fsp3) is 0.611. The minimum Gasteiger partial charge on any atom is -0.462 e. The van der Waals surface area contributed by atoms with Gasteiger partial charge in [-0.25, -0.2) is 4.79 Å². The van der Waals surface area contributed by atoms with Gasteiger partial charge in [0.25, 0.3) is 0 Å². The molecule has 118 valence electrons. The minimum absolute atomic E-state index is 0.259. The fourth-order valence-corrected chi connectivity index (χ4v) is 2.39. The normalized spacial score (nSPS) is 10.6. The highest BCUT2D eigenvalue weighted by Crippen LogP contribution is 2.18. The van der Waals surface area contributed by atoms with Crippen molar-refractivity contribution >= 4 is 11.7 Å². The molecule has 3 nitrogen and oxygen atoms in total. The third-order valence-corrected chi connectivity index (χ3v) is 3.81. The molecule has 2 N–H and O–H groups in total. The maximum atomic E-state index is 12.0. The number of unbranched alkanes of at least 4 members (excludes halogenated alkanes) is 6. The van der Waals surface area contributed by atoms with E-state index in [4.69, 9.17) is 10.5 Å². The van der Waals surface area contributed by atoms with Gasteiger partial charge in [0, 0.05) is 5.69 Å². The number of hydrogen-bond donors (Lipinski definition) is 1. The van der Waals surface area contributed by atoms with Gasteiger partial charge < -0.3 is 10.5 Å². The number of benzene rings is 1. The van der Waals surface area contributed by atoms with E-state index in [2.05, 4.69) is 6.92 Å². The predicted octanol–water partition coefficient (Wildman–Crippen LogP) is 4.79. The summed E-state index contributed by atoms with van der Waals surface area (Å²) in [6.07, 6.45) is 8.51. The van der Waals surface area contributed by atoms with Crippen LogP contribution in [0, 0.1) is 13.8 Å². The molecule has 0 aromatic heterocycles. The molecule has 0 saturated carbocycles. The van der Waals surface area contributed by atoms with Crippen molar-refractivity contribution in [2.45, 2.75) is 65.7 Å². The Morgan fingerprint density at radius 3 is 2.29 bits per heavy atom. The Labute approximate surface area is 128 Å². The number of carbonyl (C=O) groups excluding carboxylic acids is 1. The lowest BCUT2D eigenvalue weighted by Gasteiger charge is -2.09. The van der Waals surface area contributed by atoms with Crippen molar-refractivity contribution < 1.29 is 9.53 Å². The SMILES string of the molecule is CCCCCCCCCOC(=O)c1cc(N)c(C)cc1C. The van der Waals surface area contributed by atoms with Crippen LogP contribution in [-0.4, -0.2) is 12.6 Å². The second kappa shape index (κ2) is 9.43. The lowest BCUT2D eigenvalue weighted by molar-refractivity contribution is 0.0497. The molecule has 0 amide bonds. The van der Waals surface area contributed by atoms with E-state index in [0.717, 1.165) is 24.0 Å². The molecule has 1 aromatic rings. The summed E-state index contributed by atoms with van der Waals surface area (Å²) in [5.41, 5.74) is 9.00. The average molecular weight is 291 g/mol. The largest absolute Gasteiger partial charge is 0.462 e. The van der Waals surface area contributed by atoms with Gasteiger partial charge in [0.2, 0.25) is 0 Å². The third kappa shape index (κ3) is 6.19. The zero-order valence-corrected chi connectivity index (χ0v) is 13.7. The summed E-state index contributed by atoms with van der Waals surface area (Å²) in [7, 11) is 0. The molecule has 1 rings (SSSR count). The van der Waals surface area contributed by atoms with Crippen LogP contribution in [0.5, 0.6) is 0 Å². The Morgan fingerprint density at radius 1 is 1.00 bits per heavy atom. The zero-order valence-electron chi connectivity index (χ0n) is 13.7. The van der Waals surface area contributed by atoms with Crippen LogP contribution >= 0.6 is 0 Å². The smallest absolute Gasteiger partial charge is 0.338 e. The highest BCUT2D eigenvalue weighted by atomic mass is 16.5. The van der Waals surface area contributed by atoms with E-state index in [0.29, 0.717) is 17.9 Å². The summed E-state index contributed by atoms with van der Waals surface area (Å²) in [6.45, 7) is 6.58. The summed E-state index contributed by atoms with van der Waals surface area (Å²) in [6, 6.07) is 3.65. The second-order valence-electron chi connectivity index (χ2n) is 5.78. The topological polar surface area (TPSA) is 52.3 Å². The molecule has 0 aliphatic carbocycles. The number of esters is 1. The summed E-state index contributed by atoms with van der Waals surface area (Å²) in [5.74, 6) is -0.259. The Kier molecular flexibility index (Phi) is 7.88. The maximum Gasteiger partial charge on any atom is 0.338 e. The molecule has 0 aliphatic heterocycles. The van der Waals surface area contributed by atoms with Gasteiger partial charge in [0.1, 0.15) is 0 Å². The molecule has 21 heavy (non-hydrogen) atoms. The Hall–Kier alpha value is -1.51. The van der Waals surface area contributed by atoms with E-state index in [1.807, 2.05) is 19.9 Å². The van der Waals surface area contributed by atoms with E-state index in [-0.39, 0.29) is 5.97 Å². The lowest BCUT2D eigenvalue weighted by Crippen LogP contribution is -2.09. The quantitative estimate of drug-likeness (QED) is 0.404. The molecule has 0 aliphatic rings. The predicted molar refractivity (Wildman–Crippen MR) is 88.6 cm³/mol. The molecular weight excluding hydrogens is 262 g/mol. The fourth-order valence-electron chi connectivity index (χ4n) is 2.39. The van der Waals surface area contributed by atoms with Gasteiger partial charge >= 0.3 is 5.97 Å². The molecule has 1 aromatic carbocycles. The van der Waals surface area contributed by atoms with Crippen LogP contribution < -0.4 is 5.73 Å². The number of carbonyl (C=O) groups is 1. The first-order chi connectivity index (χ1) is 10.1. The van der Waals surface area contributed by atoms with Crippen LogP contribution in [-0.2, 0) is 4.74 Å². The van der Waals surface area contributed by atoms with Gasteiger partial charge in [-0.3, -0.25) is 0 Å². The van der Waals surface area contributed by atoms with Gasteiger partial charge in [0.15, 0.2) is 0 Å². The highest BCUT2D eigenvalue weighted by molar-refractivity contribution is 5.92. The first-order valence-electron chi connectivity index (χ1n) is 8.10. The first kappa shape index (κ1) is 17.5. The Balaban J connectivity index is 2.27. The van der Waals surface area contributed by atoms with Crippen molar-refractivity contribution in [2.24, 2.45) is 0 Å². The maximum absolute atomic E-state index is 12.0. The van der Waals surface area contributed by atoms with E-state index < -0.39 is 0 Å².